The first-order valence-corrected chi connectivity index (χ1v) is 8.64. The van der Waals surface area contributed by atoms with E-state index in [4.69, 9.17) is 9.47 Å². The van der Waals surface area contributed by atoms with Gasteiger partial charge in [0, 0.05) is 36.8 Å². The maximum absolute atomic E-state index is 5.98. The number of hydrogen-bond acceptors (Lipinski definition) is 3. The molecule has 1 aromatic heterocycles. The zero-order chi connectivity index (χ0) is 15.6. The number of aromatic nitrogens is 2. The molecule has 1 atom stereocenters. The summed E-state index contributed by atoms with van der Waals surface area (Å²) in [5, 5.41) is 0. The lowest BCUT2D eigenvalue weighted by molar-refractivity contribution is 0.204. The lowest BCUT2D eigenvalue weighted by atomic mass is 9.96. The minimum Gasteiger partial charge on any atom is -0.497 e. The van der Waals surface area contributed by atoms with E-state index in [1.165, 1.54) is 37.1 Å². The SMILES string of the molecule is COc1ccc2c(c1)OCC(Cn1ccnc1C1CCCC1)C2. The minimum atomic E-state index is 0.505. The summed E-state index contributed by atoms with van der Waals surface area (Å²) >= 11 is 0. The van der Waals surface area contributed by atoms with Crippen LogP contribution in [0, 0.1) is 5.92 Å². The number of methoxy groups -OCH3 is 1. The molecule has 2 aliphatic rings. The molecule has 0 saturated heterocycles. The van der Waals surface area contributed by atoms with Gasteiger partial charge >= 0.3 is 0 Å². The number of nitrogens with zero attached hydrogens (tertiary/aromatic N) is 2. The average Bonchev–Trinajstić information content (AvgIpc) is 3.25. The third kappa shape index (κ3) is 2.94. The Hall–Kier alpha value is -1.97. The third-order valence-electron chi connectivity index (χ3n) is 5.18. The van der Waals surface area contributed by atoms with Crippen molar-refractivity contribution in [3.05, 3.63) is 42.0 Å². The van der Waals surface area contributed by atoms with E-state index < -0.39 is 0 Å². The highest BCUT2D eigenvalue weighted by Gasteiger charge is 2.25. The second-order valence-corrected chi connectivity index (χ2v) is 6.77. The van der Waals surface area contributed by atoms with Gasteiger partial charge in [-0.05, 0) is 30.9 Å². The summed E-state index contributed by atoms with van der Waals surface area (Å²) in [4.78, 5) is 4.64. The van der Waals surface area contributed by atoms with Crippen LogP contribution >= 0.6 is 0 Å². The monoisotopic (exact) mass is 312 g/mol. The number of hydrogen-bond donors (Lipinski definition) is 0. The first-order valence-electron chi connectivity index (χ1n) is 8.64. The Labute approximate surface area is 137 Å². The van der Waals surface area contributed by atoms with Crippen molar-refractivity contribution in [1.82, 2.24) is 9.55 Å². The number of fused-ring (bicyclic) bond motifs is 1. The molecule has 23 heavy (non-hydrogen) atoms. The molecule has 2 heterocycles. The Balaban J connectivity index is 1.47. The molecule has 1 aliphatic carbocycles. The molecule has 1 aliphatic heterocycles. The Kier molecular flexibility index (Phi) is 3.98. The molecule has 0 amide bonds. The molecule has 1 fully saturated rings. The Morgan fingerprint density at radius 1 is 1.30 bits per heavy atom. The van der Waals surface area contributed by atoms with Crippen LogP contribution in [0.3, 0.4) is 0 Å². The van der Waals surface area contributed by atoms with Gasteiger partial charge in [-0.15, -0.1) is 0 Å². The normalized spacial score (nSPS) is 21.0. The van der Waals surface area contributed by atoms with Gasteiger partial charge in [-0.3, -0.25) is 0 Å². The second kappa shape index (κ2) is 6.26. The van der Waals surface area contributed by atoms with Crippen LogP contribution in [0.4, 0.5) is 0 Å². The van der Waals surface area contributed by atoms with Crippen LogP contribution in [0.25, 0.3) is 0 Å². The van der Waals surface area contributed by atoms with Crippen molar-refractivity contribution in [2.45, 2.75) is 44.6 Å². The van der Waals surface area contributed by atoms with E-state index in [2.05, 4.69) is 21.8 Å². The number of rotatable bonds is 4. The highest BCUT2D eigenvalue weighted by molar-refractivity contribution is 5.42. The van der Waals surface area contributed by atoms with Gasteiger partial charge in [0.15, 0.2) is 0 Å². The van der Waals surface area contributed by atoms with Crippen molar-refractivity contribution in [2.24, 2.45) is 5.92 Å². The zero-order valence-electron chi connectivity index (χ0n) is 13.7. The fraction of sp³-hybridized carbons (Fsp3) is 0.526. The van der Waals surface area contributed by atoms with Gasteiger partial charge in [0.05, 0.1) is 13.7 Å². The molecule has 0 bridgehead atoms. The maximum atomic E-state index is 5.98. The van der Waals surface area contributed by atoms with E-state index in [0.717, 1.165) is 31.1 Å². The predicted octanol–water partition coefficient (Wildman–Crippen LogP) is 3.80. The van der Waals surface area contributed by atoms with Crippen LogP contribution in [-0.4, -0.2) is 23.3 Å². The fourth-order valence-corrected chi connectivity index (χ4v) is 3.96. The maximum Gasteiger partial charge on any atom is 0.126 e. The Morgan fingerprint density at radius 2 is 2.17 bits per heavy atom. The molecule has 0 N–H and O–H groups in total. The van der Waals surface area contributed by atoms with Gasteiger partial charge in [-0.25, -0.2) is 4.98 Å². The van der Waals surface area contributed by atoms with Crippen molar-refractivity contribution in [3.63, 3.8) is 0 Å². The summed E-state index contributed by atoms with van der Waals surface area (Å²) < 4.78 is 13.6. The van der Waals surface area contributed by atoms with Gasteiger partial charge < -0.3 is 14.0 Å². The van der Waals surface area contributed by atoms with Crippen LogP contribution in [0.5, 0.6) is 11.5 Å². The molecular formula is C19H24N2O2. The van der Waals surface area contributed by atoms with Gasteiger partial charge in [0.1, 0.15) is 17.3 Å². The third-order valence-corrected chi connectivity index (χ3v) is 5.18. The van der Waals surface area contributed by atoms with Crippen molar-refractivity contribution in [2.75, 3.05) is 13.7 Å². The largest absolute Gasteiger partial charge is 0.497 e. The summed E-state index contributed by atoms with van der Waals surface area (Å²) in [5.74, 6) is 4.28. The molecular weight excluding hydrogens is 288 g/mol. The van der Waals surface area contributed by atoms with E-state index in [1.807, 2.05) is 18.3 Å². The van der Waals surface area contributed by atoms with E-state index in [1.54, 1.807) is 7.11 Å². The van der Waals surface area contributed by atoms with E-state index in [0.29, 0.717) is 11.8 Å². The Morgan fingerprint density at radius 3 is 3.00 bits per heavy atom. The van der Waals surface area contributed by atoms with Gasteiger partial charge in [-0.2, -0.15) is 0 Å². The average molecular weight is 312 g/mol. The lowest BCUT2D eigenvalue weighted by Gasteiger charge is -2.27. The highest BCUT2D eigenvalue weighted by atomic mass is 16.5. The van der Waals surface area contributed by atoms with Crippen LogP contribution < -0.4 is 9.47 Å². The van der Waals surface area contributed by atoms with E-state index in [9.17, 15) is 0 Å². The molecule has 4 nitrogen and oxygen atoms in total. The molecule has 1 saturated carbocycles. The first-order chi connectivity index (χ1) is 11.3. The highest BCUT2D eigenvalue weighted by Crippen LogP contribution is 2.35. The number of benzene rings is 1. The van der Waals surface area contributed by atoms with Gasteiger partial charge in [-0.1, -0.05) is 18.9 Å². The molecule has 4 rings (SSSR count). The summed E-state index contributed by atoms with van der Waals surface area (Å²) in [6.07, 6.45) is 10.4. The number of imidazole rings is 1. The molecule has 4 heteroatoms. The summed E-state index contributed by atoms with van der Waals surface area (Å²) in [6, 6.07) is 6.14. The van der Waals surface area contributed by atoms with Crippen molar-refractivity contribution < 1.29 is 9.47 Å². The fourth-order valence-electron chi connectivity index (χ4n) is 3.96. The Bertz CT molecular complexity index is 674. The van der Waals surface area contributed by atoms with E-state index >= 15 is 0 Å². The molecule has 0 radical (unpaired) electrons. The van der Waals surface area contributed by atoms with Gasteiger partial charge in [0.25, 0.3) is 0 Å². The van der Waals surface area contributed by atoms with Crippen molar-refractivity contribution >= 4 is 0 Å². The van der Waals surface area contributed by atoms with Crippen LogP contribution in [0.1, 0.15) is 43.0 Å². The summed E-state index contributed by atoms with van der Waals surface area (Å²) in [5.41, 5.74) is 1.28. The lowest BCUT2D eigenvalue weighted by Crippen LogP contribution is -2.26. The molecule has 1 aromatic carbocycles. The number of ether oxygens (including phenoxy) is 2. The first kappa shape index (κ1) is 14.6. The van der Waals surface area contributed by atoms with Crippen LogP contribution in [0.15, 0.2) is 30.6 Å². The van der Waals surface area contributed by atoms with Crippen LogP contribution in [0.2, 0.25) is 0 Å². The molecule has 0 spiro atoms. The zero-order valence-corrected chi connectivity index (χ0v) is 13.7. The van der Waals surface area contributed by atoms with E-state index in [-0.39, 0.29) is 0 Å². The predicted molar refractivity (Wildman–Crippen MR) is 89.1 cm³/mol. The van der Waals surface area contributed by atoms with Crippen LogP contribution in [-0.2, 0) is 13.0 Å². The summed E-state index contributed by atoms with van der Waals surface area (Å²) in [6.45, 7) is 1.76. The smallest absolute Gasteiger partial charge is 0.126 e. The standard InChI is InChI=1S/C19H24N2O2/c1-22-17-7-6-16-10-14(13-23-18(16)11-17)12-21-9-8-20-19(21)15-4-2-3-5-15/h6-9,11,14-15H,2-5,10,12-13H2,1H3. The van der Waals surface area contributed by atoms with Crippen molar-refractivity contribution in [1.29, 1.82) is 0 Å². The van der Waals surface area contributed by atoms with Crippen molar-refractivity contribution in [3.8, 4) is 11.5 Å². The van der Waals surface area contributed by atoms with Gasteiger partial charge in [0.2, 0.25) is 0 Å². The second-order valence-electron chi connectivity index (χ2n) is 6.77. The topological polar surface area (TPSA) is 36.3 Å². The molecule has 122 valence electrons. The quantitative estimate of drug-likeness (QED) is 0.861. The molecule has 2 aromatic rings. The minimum absolute atomic E-state index is 0.505. The molecule has 1 unspecified atom stereocenters. The summed E-state index contributed by atoms with van der Waals surface area (Å²) in [7, 11) is 1.69.